The molecule has 4 aromatic rings. The summed E-state index contributed by atoms with van der Waals surface area (Å²) in [6.07, 6.45) is 2.38. The largest absolute Gasteiger partial charge is 0.361 e. The van der Waals surface area contributed by atoms with Gasteiger partial charge in [-0.2, -0.15) is 0 Å². The molecular formula is C31H27N5O4. The minimum atomic E-state index is -1.37. The van der Waals surface area contributed by atoms with E-state index in [9.17, 15) is 19.2 Å². The highest BCUT2D eigenvalue weighted by Gasteiger charge is 2.70. The summed E-state index contributed by atoms with van der Waals surface area (Å²) in [6.45, 7) is 3.35. The van der Waals surface area contributed by atoms with Crippen molar-refractivity contribution in [1.29, 1.82) is 0 Å². The van der Waals surface area contributed by atoms with Gasteiger partial charge in [-0.3, -0.25) is 24.5 Å². The highest BCUT2D eigenvalue weighted by molar-refractivity contribution is 6.26. The molecule has 2 fully saturated rings. The lowest BCUT2D eigenvalue weighted by Gasteiger charge is -2.29. The average molecular weight is 534 g/mol. The molecule has 9 heteroatoms. The third-order valence-corrected chi connectivity index (χ3v) is 8.43. The van der Waals surface area contributed by atoms with Gasteiger partial charge in [-0.05, 0) is 55.3 Å². The normalized spacial score (nSPS) is 25.0. The minimum Gasteiger partial charge on any atom is -0.361 e. The molecule has 3 aromatic carbocycles. The molecule has 3 aliphatic heterocycles. The Hall–Kier alpha value is -4.76. The summed E-state index contributed by atoms with van der Waals surface area (Å²) in [4.78, 5) is 58.1. The molecule has 4 atom stereocenters. The summed E-state index contributed by atoms with van der Waals surface area (Å²) in [6, 6.07) is 19.7. The Kier molecular flexibility index (Phi) is 5.24. The average Bonchev–Trinajstić information content (AvgIpc) is 3.64. The van der Waals surface area contributed by atoms with Crippen LogP contribution in [0.3, 0.4) is 0 Å². The van der Waals surface area contributed by atoms with Crippen molar-refractivity contribution < 1.29 is 19.2 Å². The van der Waals surface area contributed by atoms with E-state index in [0.717, 1.165) is 22.0 Å². The Bertz CT molecular complexity index is 1740. The molecule has 4 amide bonds. The second kappa shape index (κ2) is 8.62. The number of carbonyl (C=O) groups excluding carboxylic acids is 4. The first-order valence-electron chi connectivity index (χ1n) is 13.3. The van der Waals surface area contributed by atoms with Gasteiger partial charge in [0.15, 0.2) is 0 Å². The first-order chi connectivity index (χ1) is 19.3. The lowest BCUT2D eigenvalue weighted by atomic mass is 9.76. The molecule has 0 aliphatic carbocycles. The summed E-state index contributed by atoms with van der Waals surface area (Å²) in [5.74, 6) is -2.98. The van der Waals surface area contributed by atoms with Crippen LogP contribution in [0.4, 0.5) is 17.1 Å². The number of rotatable bonds is 4. The lowest BCUT2D eigenvalue weighted by Crippen LogP contribution is -2.53. The summed E-state index contributed by atoms with van der Waals surface area (Å²) in [5.41, 5.74) is 3.87. The van der Waals surface area contributed by atoms with E-state index in [2.05, 4.69) is 20.9 Å². The summed E-state index contributed by atoms with van der Waals surface area (Å²) in [7, 11) is 0. The zero-order valence-corrected chi connectivity index (χ0v) is 21.9. The van der Waals surface area contributed by atoms with Crippen LogP contribution in [0.1, 0.15) is 23.6 Å². The second-order valence-electron chi connectivity index (χ2n) is 10.9. The highest BCUT2D eigenvalue weighted by atomic mass is 16.2. The van der Waals surface area contributed by atoms with Crippen LogP contribution in [0.5, 0.6) is 0 Å². The highest BCUT2D eigenvalue weighted by Crippen LogP contribution is 2.54. The number of para-hydroxylation sites is 1. The van der Waals surface area contributed by atoms with E-state index in [4.69, 9.17) is 0 Å². The van der Waals surface area contributed by atoms with Crippen molar-refractivity contribution in [2.75, 3.05) is 15.5 Å². The van der Waals surface area contributed by atoms with Gasteiger partial charge in [0.1, 0.15) is 5.54 Å². The van der Waals surface area contributed by atoms with Crippen LogP contribution in [0.2, 0.25) is 0 Å². The van der Waals surface area contributed by atoms with Crippen LogP contribution in [0.15, 0.2) is 72.9 Å². The van der Waals surface area contributed by atoms with Gasteiger partial charge in [0, 0.05) is 47.0 Å². The fraction of sp³-hybridized carbons (Fsp3) is 0.226. The number of hydrogen-bond donors (Lipinski definition) is 4. The number of aryl methyl sites for hydroxylation is 1. The maximum atomic E-state index is 14.2. The Morgan fingerprint density at radius 1 is 1.00 bits per heavy atom. The predicted molar refractivity (Wildman–Crippen MR) is 151 cm³/mol. The molecule has 9 nitrogen and oxygen atoms in total. The maximum Gasteiger partial charge on any atom is 0.250 e. The molecule has 4 heterocycles. The molecular weight excluding hydrogens is 506 g/mol. The first-order valence-corrected chi connectivity index (χ1v) is 13.3. The summed E-state index contributed by atoms with van der Waals surface area (Å²) < 4.78 is 0. The monoisotopic (exact) mass is 533 g/mol. The SMILES string of the molecule is CC(=O)Nc1ccc(N2C(=O)[C@@H]3[C@H](Cc4c[nH]c5ccccc45)N[C@@]4(C(=O)Nc5ccc(C)cc54)[C@H]3C2=O)cc1. The molecule has 3 aliphatic rings. The minimum absolute atomic E-state index is 0.218. The van der Waals surface area contributed by atoms with E-state index in [1.807, 2.05) is 55.6 Å². The molecule has 2 saturated heterocycles. The number of amides is 4. The van der Waals surface area contributed by atoms with E-state index in [1.165, 1.54) is 11.8 Å². The Morgan fingerprint density at radius 3 is 2.55 bits per heavy atom. The van der Waals surface area contributed by atoms with Crippen molar-refractivity contribution in [3.8, 4) is 0 Å². The van der Waals surface area contributed by atoms with Gasteiger partial charge in [0.05, 0.1) is 17.5 Å². The number of benzene rings is 3. The lowest BCUT2D eigenvalue weighted by molar-refractivity contribution is -0.130. The fourth-order valence-corrected chi connectivity index (χ4v) is 6.78. The number of fused-ring (bicyclic) bond motifs is 5. The predicted octanol–water partition coefficient (Wildman–Crippen LogP) is 3.60. The number of aromatic nitrogens is 1. The van der Waals surface area contributed by atoms with Gasteiger partial charge in [-0.15, -0.1) is 0 Å². The number of H-pyrrole nitrogens is 1. The van der Waals surface area contributed by atoms with E-state index < -0.39 is 29.3 Å². The van der Waals surface area contributed by atoms with Crippen LogP contribution in [0, 0.1) is 18.8 Å². The van der Waals surface area contributed by atoms with Crippen molar-refractivity contribution in [2.45, 2.75) is 31.8 Å². The molecule has 1 spiro atoms. The molecule has 4 N–H and O–H groups in total. The number of nitrogens with zero attached hydrogens (tertiary/aromatic N) is 1. The zero-order valence-electron chi connectivity index (χ0n) is 21.9. The third-order valence-electron chi connectivity index (χ3n) is 8.43. The zero-order chi connectivity index (χ0) is 27.8. The van der Waals surface area contributed by atoms with Crippen LogP contribution in [0.25, 0.3) is 10.9 Å². The Balaban J connectivity index is 1.34. The Labute approximate surface area is 229 Å². The fourth-order valence-electron chi connectivity index (χ4n) is 6.78. The van der Waals surface area contributed by atoms with Crippen molar-refractivity contribution in [2.24, 2.45) is 11.8 Å². The molecule has 0 radical (unpaired) electrons. The summed E-state index contributed by atoms with van der Waals surface area (Å²) >= 11 is 0. The molecule has 40 heavy (non-hydrogen) atoms. The van der Waals surface area contributed by atoms with Crippen LogP contribution in [-0.4, -0.2) is 34.7 Å². The quantitative estimate of drug-likeness (QED) is 0.299. The molecule has 7 rings (SSSR count). The van der Waals surface area contributed by atoms with E-state index in [1.54, 1.807) is 24.3 Å². The summed E-state index contributed by atoms with van der Waals surface area (Å²) in [5, 5.41) is 10.2. The van der Waals surface area contributed by atoms with Crippen LogP contribution in [-0.2, 0) is 31.1 Å². The van der Waals surface area contributed by atoms with E-state index in [-0.39, 0.29) is 17.7 Å². The van der Waals surface area contributed by atoms with Crippen LogP contribution >= 0.6 is 0 Å². The topological polar surface area (TPSA) is 123 Å². The van der Waals surface area contributed by atoms with Crippen molar-refractivity contribution in [1.82, 2.24) is 10.3 Å². The van der Waals surface area contributed by atoms with Crippen molar-refractivity contribution in [3.05, 3.63) is 89.6 Å². The molecule has 1 aromatic heterocycles. The van der Waals surface area contributed by atoms with Gasteiger partial charge < -0.3 is 15.6 Å². The van der Waals surface area contributed by atoms with Gasteiger partial charge >= 0.3 is 0 Å². The first kappa shape index (κ1) is 24.3. The number of nitrogens with one attached hydrogen (secondary N) is 4. The number of imide groups is 1. The van der Waals surface area contributed by atoms with E-state index >= 15 is 0 Å². The molecule has 200 valence electrons. The van der Waals surface area contributed by atoms with Gasteiger partial charge in [0.25, 0.3) is 0 Å². The number of hydrogen-bond acceptors (Lipinski definition) is 5. The van der Waals surface area contributed by atoms with Crippen molar-refractivity contribution >= 4 is 51.6 Å². The number of anilines is 3. The number of carbonyl (C=O) groups is 4. The third kappa shape index (κ3) is 3.37. The standard InChI is InChI=1S/C31H27N5O4/c1-16-7-12-24-22(13-16)31(30(40)34-24)27-26(25(35-31)14-18-15-32-23-6-4-3-5-21(18)23)28(38)36(29(27)39)20-10-8-19(9-11-20)33-17(2)37/h3-13,15,25-27,32,35H,14H2,1-2H3,(H,33,37)(H,34,40)/t25-,26+,27+,31+/m0/s1. The second-order valence-corrected chi connectivity index (χ2v) is 10.9. The van der Waals surface area contributed by atoms with Crippen LogP contribution < -0.4 is 20.9 Å². The smallest absolute Gasteiger partial charge is 0.250 e. The van der Waals surface area contributed by atoms with Crippen molar-refractivity contribution in [3.63, 3.8) is 0 Å². The number of aromatic amines is 1. The Morgan fingerprint density at radius 2 is 1.77 bits per heavy atom. The molecule has 0 unspecified atom stereocenters. The molecule has 0 saturated carbocycles. The van der Waals surface area contributed by atoms with Gasteiger partial charge in [-0.1, -0.05) is 35.9 Å². The molecule has 0 bridgehead atoms. The van der Waals surface area contributed by atoms with E-state index in [0.29, 0.717) is 29.0 Å². The van der Waals surface area contributed by atoms with Gasteiger partial charge in [-0.25, -0.2) is 4.90 Å². The maximum absolute atomic E-state index is 14.2. The van der Waals surface area contributed by atoms with Gasteiger partial charge in [0.2, 0.25) is 23.6 Å².